The van der Waals surface area contributed by atoms with Gasteiger partial charge in [-0.1, -0.05) is 6.07 Å². The number of benzene rings is 1. The van der Waals surface area contributed by atoms with E-state index in [2.05, 4.69) is 5.32 Å². The number of hydrogen-bond donors (Lipinski definition) is 3. The standard InChI is InChI=1S/C12H17NO3/c1-8-3-4-10(11(15)7-8)12(16)13-9(2)5-6-14/h3-4,7,9,14-15H,5-6H2,1-2H3,(H,13,16). The molecule has 0 spiro atoms. The molecule has 0 saturated heterocycles. The number of nitrogens with one attached hydrogen (secondary N) is 1. The van der Waals surface area contributed by atoms with Crippen LogP contribution in [0.1, 0.15) is 29.3 Å². The fourth-order valence-corrected chi connectivity index (χ4v) is 1.40. The summed E-state index contributed by atoms with van der Waals surface area (Å²) in [6.07, 6.45) is 0.498. The molecule has 1 atom stereocenters. The Morgan fingerprint density at radius 3 is 2.75 bits per heavy atom. The second-order valence-electron chi connectivity index (χ2n) is 3.91. The third-order valence-corrected chi connectivity index (χ3v) is 2.34. The van der Waals surface area contributed by atoms with Crippen molar-refractivity contribution in [3.8, 4) is 5.75 Å². The molecule has 0 saturated carbocycles. The van der Waals surface area contributed by atoms with E-state index in [0.717, 1.165) is 5.56 Å². The molecular formula is C12H17NO3. The number of aromatic hydroxyl groups is 1. The van der Waals surface area contributed by atoms with Crippen molar-refractivity contribution in [2.75, 3.05) is 6.61 Å². The summed E-state index contributed by atoms with van der Waals surface area (Å²) in [6, 6.07) is 4.79. The lowest BCUT2D eigenvalue weighted by atomic mass is 10.1. The van der Waals surface area contributed by atoms with Gasteiger partial charge in [0.25, 0.3) is 5.91 Å². The first kappa shape index (κ1) is 12.5. The van der Waals surface area contributed by atoms with E-state index in [1.807, 2.05) is 6.92 Å². The molecule has 4 nitrogen and oxygen atoms in total. The molecule has 1 unspecified atom stereocenters. The second-order valence-corrected chi connectivity index (χ2v) is 3.91. The molecule has 1 aromatic rings. The summed E-state index contributed by atoms with van der Waals surface area (Å²) in [7, 11) is 0. The van der Waals surface area contributed by atoms with Crippen LogP contribution in [0.3, 0.4) is 0 Å². The number of carbonyl (C=O) groups is 1. The van der Waals surface area contributed by atoms with Crippen LogP contribution in [-0.2, 0) is 0 Å². The number of aryl methyl sites for hydroxylation is 1. The molecule has 1 aromatic carbocycles. The van der Waals surface area contributed by atoms with Crippen LogP contribution in [0.15, 0.2) is 18.2 Å². The molecule has 0 aromatic heterocycles. The first-order chi connectivity index (χ1) is 7.54. The summed E-state index contributed by atoms with van der Waals surface area (Å²) < 4.78 is 0. The predicted octanol–water partition coefficient (Wildman–Crippen LogP) is 1.20. The van der Waals surface area contributed by atoms with Crippen molar-refractivity contribution in [3.63, 3.8) is 0 Å². The Bertz CT molecular complexity index is 377. The maximum Gasteiger partial charge on any atom is 0.255 e. The molecule has 0 radical (unpaired) electrons. The Morgan fingerprint density at radius 1 is 1.50 bits per heavy atom. The Morgan fingerprint density at radius 2 is 2.19 bits per heavy atom. The van der Waals surface area contributed by atoms with Crippen LogP contribution in [0.2, 0.25) is 0 Å². The third kappa shape index (κ3) is 3.24. The quantitative estimate of drug-likeness (QED) is 0.718. The molecule has 0 bridgehead atoms. The van der Waals surface area contributed by atoms with E-state index < -0.39 is 0 Å². The monoisotopic (exact) mass is 223 g/mol. The first-order valence-electron chi connectivity index (χ1n) is 5.26. The average Bonchev–Trinajstić information content (AvgIpc) is 2.17. The van der Waals surface area contributed by atoms with Crippen LogP contribution in [0.25, 0.3) is 0 Å². The van der Waals surface area contributed by atoms with Gasteiger partial charge in [-0.2, -0.15) is 0 Å². The first-order valence-corrected chi connectivity index (χ1v) is 5.26. The van der Waals surface area contributed by atoms with Crippen molar-refractivity contribution in [1.82, 2.24) is 5.32 Å². The van der Waals surface area contributed by atoms with Gasteiger partial charge in [0.1, 0.15) is 5.75 Å². The predicted molar refractivity (Wildman–Crippen MR) is 61.5 cm³/mol. The molecule has 4 heteroatoms. The van der Waals surface area contributed by atoms with Gasteiger partial charge < -0.3 is 15.5 Å². The summed E-state index contributed by atoms with van der Waals surface area (Å²) in [6.45, 7) is 3.68. The molecule has 0 fully saturated rings. The minimum Gasteiger partial charge on any atom is -0.507 e. The number of rotatable bonds is 4. The molecule has 16 heavy (non-hydrogen) atoms. The van der Waals surface area contributed by atoms with Gasteiger partial charge in [0.05, 0.1) is 5.56 Å². The van der Waals surface area contributed by atoms with Crippen LogP contribution in [0.5, 0.6) is 5.75 Å². The normalized spacial score (nSPS) is 12.2. The summed E-state index contributed by atoms with van der Waals surface area (Å²) in [5.74, 6) is -0.341. The minimum absolute atomic E-state index is 0.0197. The zero-order valence-corrected chi connectivity index (χ0v) is 9.53. The van der Waals surface area contributed by atoms with Crippen molar-refractivity contribution in [1.29, 1.82) is 0 Å². The highest BCUT2D eigenvalue weighted by atomic mass is 16.3. The smallest absolute Gasteiger partial charge is 0.255 e. The lowest BCUT2D eigenvalue weighted by molar-refractivity contribution is 0.0932. The van der Waals surface area contributed by atoms with Gasteiger partial charge >= 0.3 is 0 Å². The third-order valence-electron chi connectivity index (χ3n) is 2.34. The van der Waals surface area contributed by atoms with Gasteiger partial charge in [-0.3, -0.25) is 4.79 Å². The van der Waals surface area contributed by atoms with Gasteiger partial charge in [0.15, 0.2) is 0 Å². The maximum atomic E-state index is 11.7. The number of phenols is 1. The lowest BCUT2D eigenvalue weighted by Crippen LogP contribution is -2.33. The Hall–Kier alpha value is -1.55. The summed E-state index contributed by atoms with van der Waals surface area (Å²) in [5.41, 5.74) is 1.16. The highest BCUT2D eigenvalue weighted by Crippen LogP contribution is 2.18. The molecule has 1 amide bonds. The van der Waals surface area contributed by atoms with Crippen molar-refractivity contribution in [2.45, 2.75) is 26.3 Å². The van der Waals surface area contributed by atoms with Gasteiger partial charge in [-0.25, -0.2) is 0 Å². The van der Waals surface area contributed by atoms with Crippen molar-refractivity contribution in [2.24, 2.45) is 0 Å². The van der Waals surface area contributed by atoms with Gasteiger partial charge in [-0.15, -0.1) is 0 Å². The molecule has 0 aliphatic carbocycles. The fraction of sp³-hybridized carbons (Fsp3) is 0.417. The van der Waals surface area contributed by atoms with E-state index in [-0.39, 0.29) is 29.9 Å². The van der Waals surface area contributed by atoms with Gasteiger partial charge in [0, 0.05) is 12.6 Å². The Kier molecular flexibility index (Phi) is 4.31. The number of amides is 1. The zero-order valence-electron chi connectivity index (χ0n) is 9.53. The number of aliphatic hydroxyl groups is 1. The van der Waals surface area contributed by atoms with Gasteiger partial charge in [-0.05, 0) is 38.0 Å². The number of carbonyl (C=O) groups excluding carboxylic acids is 1. The molecule has 88 valence electrons. The molecule has 0 aliphatic rings. The Labute approximate surface area is 94.9 Å². The fourth-order valence-electron chi connectivity index (χ4n) is 1.40. The van der Waals surface area contributed by atoms with E-state index >= 15 is 0 Å². The van der Waals surface area contributed by atoms with Crippen molar-refractivity contribution < 1.29 is 15.0 Å². The van der Waals surface area contributed by atoms with Crippen LogP contribution < -0.4 is 5.32 Å². The summed E-state index contributed by atoms with van der Waals surface area (Å²) in [4.78, 5) is 11.7. The average molecular weight is 223 g/mol. The topological polar surface area (TPSA) is 69.6 Å². The van der Waals surface area contributed by atoms with E-state index in [9.17, 15) is 9.90 Å². The molecule has 0 heterocycles. The minimum atomic E-state index is -0.321. The van der Waals surface area contributed by atoms with E-state index in [0.29, 0.717) is 6.42 Å². The summed E-state index contributed by atoms with van der Waals surface area (Å²) >= 11 is 0. The highest BCUT2D eigenvalue weighted by molar-refractivity contribution is 5.97. The number of aliphatic hydroxyl groups excluding tert-OH is 1. The van der Waals surface area contributed by atoms with Gasteiger partial charge in [0.2, 0.25) is 0 Å². The molecule has 3 N–H and O–H groups in total. The van der Waals surface area contributed by atoms with Crippen molar-refractivity contribution >= 4 is 5.91 Å². The molecule has 0 aliphatic heterocycles. The van der Waals surface area contributed by atoms with Crippen LogP contribution in [-0.4, -0.2) is 28.8 Å². The largest absolute Gasteiger partial charge is 0.507 e. The SMILES string of the molecule is Cc1ccc(C(=O)NC(C)CCO)c(O)c1. The van der Waals surface area contributed by atoms with E-state index in [4.69, 9.17) is 5.11 Å². The number of hydrogen-bond acceptors (Lipinski definition) is 3. The highest BCUT2D eigenvalue weighted by Gasteiger charge is 2.13. The summed E-state index contributed by atoms with van der Waals surface area (Å²) in [5, 5.41) is 21.0. The van der Waals surface area contributed by atoms with E-state index in [1.165, 1.54) is 0 Å². The lowest BCUT2D eigenvalue weighted by Gasteiger charge is -2.13. The van der Waals surface area contributed by atoms with E-state index in [1.54, 1.807) is 25.1 Å². The Balaban J connectivity index is 2.73. The molecular weight excluding hydrogens is 206 g/mol. The van der Waals surface area contributed by atoms with Crippen LogP contribution in [0.4, 0.5) is 0 Å². The maximum absolute atomic E-state index is 11.7. The van der Waals surface area contributed by atoms with Crippen LogP contribution >= 0.6 is 0 Å². The van der Waals surface area contributed by atoms with Crippen LogP contribution in [0, 0.1) is 6.92 Å². The second kappa shape index (κ2) is 5.51. The molecule has 1 rings (SSSR count). The number of phenolic OH excluding ortho intramolecular Hbond substituents is 1. The van der Waals surface area contributed by atoms with Crippen molar-refractivity contribution in [3.05, 3.63) is 29.3 Å². The zero-order chi connectivity index (χ0) is 12.1.